The Morgan fingerprint density at radius 1 is 1.22 bits per heavy atom. The average Bonchev–Trinajstić information content (AvgIpc) is 3.52. The third-order valence-corrected chi connectivity index (χ3v) is 6.70. The number of benzene rings is 1. The summed E-state index contributed by atoms with van der Waals surface area (Å²) in [5.41, 5.74) is 0.720. The Morgan fingerprint density at radius 3 is 2.70 bits per heavy atom. The summed E-state index contributed by atoms with van der Waals surface area (Å²) in [5, 5.41) is 4.17. The predicted octanol–water partition coefficient (Wildman–Crippen LogP) is 3.91. The van der Waals surface area contributed by atoms with Gasteiger partial charge in [-0.1, -0.05) is 43.2 Å². The van der Waals surface area contributed by atoms with Crippen LogP contribution < -0.4 is 10.9 Å². The van der Waals surface area contributed by atoms with Crippen molar-refractivity contribution in [1.29, 1.82) is 0 Å². The molecule has 6 heteroatoms. The maximum absolute atomic E-state index is 12.9. The third-order valence-electron chi connectivity index (χ3n) is 5.63. The van der Waals surface area contributed by atoms with E-state index >= 15 is 0 Å². The second-order valence-corrected chi connectivity index (χ2v) is 9.14. The molecule has 2 aromatic rings. The van der Waals surface area contributed by atoms with E-state index in [0.29, 0.717) is 22.0 Å². The summed E-state index contributed by atoms with van der Waals surface area (Å²) < 4.78 is 1.80. The van der Waals surface area contributed by atoms with Crippen LogP contribution in [0, 0.1) is 5.92 Å². The molecule has 27 heavy (non-hydrogen) atoms. The first-order valence-corrected chi connectivity index (χ1v) is 11.0. The van der Waals surface area contributed by atoms with Gasteiger partial charge in [-0.25, -0.2) is 4.98 Å². The van der Waals surface area contributed by atoms with Crippen molar-refractivity contribution in [2.45, 2.75) is 68.3 Å². The lowest BCUT2D eigenvalue weighted by Crippen LogP contribution is -2.35. The summed E-state index contributed by atoms with van der Waals surface area (Å²) in [6.45, 7) is 2.67. The van der Waals surface area contributed by atoms with E-state index in [9.17, 15) is 9.59 Å². The van der Waals surface area contributed by atoms with Crippen molar-refractivity contribution in [2.75, 3.05) is 6.54 Å². The average molecular weight is 386 g/mol. The van der Waals surface area contributed by atoms with Gasteiger partial charge in [-0.3, -0.25) is 14.2 Å². The summed E-state index contributed by atoms with van der Waals surface area (Å²) >= 11 is 1.40. The van der Waals surface area contributed by atoms with Crippen LogP contribution in [-0.4, -0.2) is 27.3 Å². The van der Waals surface area contributed by atoms with E-state index in [0.717, 1.165) is 19.4 Å². The molecule has 2 saturated carbocycles. The Balaban J connectivity index is 1.49. The van der Waals surface area contributed by atoms with Gasteiger partial charge in [0, 0.05) is 12.6 Å². The standard InChI is InChI=1S/C21H27N3O2S/c1-14(19(25)22-13-15-7-3-2-4-8-15)27-21-23-18-10-6-5-9-17(18)20(26)24(21)16-11-12-16/h5-6,9-10,14-16H,2-4,7-8,11-13H2,1H3,(H,22,25). The lowest BCUT2D eigenvalue weighted by Gasteiger charge is -2.22. The lowest BCUT2D eigenvalue weighted by molar-refractivity contribution is -0.120. The molecular formula is C21H27N3O2S. The molecule has 2 fully saturated rings. The monoisotopic (exact) mass is 385 g/mol. The van der Waals surface area contributed by atoms with Gasteiger partial charge in [0.2, 0.25) is 5.91 Å². The van der Waals surface area contributed by atoms with Crippen LogP contribution >= 0.6 is 11.8 Å². The van der Waals surface area contributed by atoms with Crippen molar-refractivity contribution in [1.82, 2.24) is 14.9 Å². The fourth-order valence-corrected chi connectivity index (χ4v) is 4.86. The Bertz CT molecular complexity index is 885. The molecule has 2 aliphatic carbocycles. The molecule has 1 aromatic carbocycles. The molecule has 2 aliphatic rings. The minimum atomic E-state index is -0.272. The first kappa shape index (κ1) is 18.5. The summed E-state index contributed by atoms with van der Waals surface area (Å²) in [6.07, 6.45) is 8.33. The molecule has 5 nitrogen and oxygen atoms in total. The molecule has 0 radical (unpaired) electrons. The van der Waals surface area contributed by atoms with E-state index in [-0.39, 0.29) is 22.8 Å². The van der Waals surface area contributed by atoms with Gasteiger partial charge in [0.1, 0.15) is 0 Å². The molecule has 1 atom stereocenters. The van der Waals surface area contributed by atoms with Gasteiger partial charge in [0.05, 0.1) is 16.2 Å². The second kappa shape index (κ2) is 8.05. The molecule has 0 aliphatic heterocycles. The molecule has 1 unspecified atom stereocenters. The highest BCUT2D eigenvalue weighted by Gasteiger charge is 2.30. The van der Waals surface area contributed by atoms with Crippen LogP contribution in [0.2, 0.25) is 0 Å². The van der Waals surface area contributed by atoms with Gasteiger partial charge in [-0.15, -0.1) is 0 Å². The number of nitrogens with zero attached hydrogens (tertiary/aromatic N) is 2. The van der Waals surface area contributed by atoms with Crippen molar-refractivity contribution in [3.63, 3.8) is 0 Å². The fourth-order valence-electron chi connectivity index (χ4n) is 3.85. The van der Waals surface area contributed by atoms with Gasteiger partial charge < -0.3 is 5.32 Å². The molecule has 0 bridgehead atoms. The number of hydrogen-bond acceptors (Lipinski definition) is 4. The largest absolute Gasteiger partial charge is 0.355 e. The second-order valence-electron chi connectivity index (χ2n) is 7.83. The van der Waals surface area contributed by atoms with Gasteiger partial charge in [-0.05, 0) is 50.7 Å². The zero-order valence-corrected chi connectivity index (χ0v) is 16.6. The lowest BCUT2D eigenvalue weighted by atomic mass is 9.89. The minimum absolute atomic E-state index is 0.0143. The van der Waals surface area contributed by atoms with Crippen LogP contribution in [0.3, 0.4) is 0 Å². The Kier molecular flexibility index (Phi) is 5.53. The van der Waals surface area contributed by atoms with Crippen molar-refractivity contribution < 1.29 is 4.79 Å². The third kappa shape index (κ3) is 4.21. The molecule has 0 spiro atoms. The van der Waals surface area contributed by atoms with Crippen LogP contribution in [0.25, 0.3) is 10.9 Å². The predicted molar refractivity (Wildman–Crippen MR) is 109 cm³/mol. The van der Waals surface area contributed by atoms with Crippen LogP contribution in [0.4, 0.5) is 0 Å². The highest BCUT2D eigenvalue weighted by molar-refractivity contribution is 8.00. The molecule has 1 amide bonds. The number of nitrogens with one attached hydrogen (secondary N) is 1. The van der Waals surface area contributed by atoms with Crippen molar-refractivity contribution in [3.05, 3.63) is 34.6 Å². The van der Waals surface area contributed by atoms with E-state index in [1.54, 1.807) is 4.57 Å². The number of hydrogen-bond donors (Lipinski definition) is 1. The highest BCUT2D eigenvalue weighted by atomic mass is 32.2. The number of amides is 1. The van der Waals surface area contributed by atoms with E-state index < -0.39 is 0 Å². The van der Waals surface area contributed by atoms with Crippen LogP contribution in [-0.2, 0) is 4.79 Å². The fraction of sp³-hybridized carbons (Fsp3) is 0.571. The summed E-state index contributed by atoms with van der Waals surface area (Å²) in [6, 6.07) is 7.70. The van der Waals surface area contributed by atoms with Crippen LogP contribution in [0.5, 0.6) is 0 Å². The number of para-hydroxylation sites is 1. The summed E-state index contributed by atoms with van der Waals surface area (Å²) in [7, 11) is 0. The molecule has 1 heterocycles. The number of aromatic nitrogens is 2. The zero-order chi connectivity index (χ0) is 18.8. The molecule has 0 saturated heterocycles. The SMILES string of the molecule is CC(Sc1nc2ccccc2c(=O)n1C1CC1)C(=O)NCC1CCCCC1. The van der Waals surface area contributed by atoms with Crippen molar-refractivity contribution >= 4 is 28.6 Å². The number of rotatable bonds is 6. The van der Waals surface area contributed by atoms with Gasteiger partial charge >= 0.3 is 0 Å². The highest BCUT2D eigenvalue weighted by Crippen LogP contribution is 2.37. The van der Waals surface area contributed by atoms with Gasteiger partial charge in [0.25, 0.3) is 5.56 Å². The van der Waals surface area contributed by atoms with Gasteiger partial charge in [0.15, 0.2) is 5.16 Å². The molecule has 144 valence electrons. The Labute approximate surface area is 163 Å². The molecular weight excluding hydrogens is 358 g/mol. The van der Waals surface area contributed by atoms with Crippen LogP contribution in [0.15, 0.2) is 34.2 Å². The summed E-state index contributed by atoms with van der Waals surface area (Å²) in [4.78, 5) is 30.2. The quantitative estimate of drug-likeness (QED) is 0.605. The molecule has 1 aromatic heterocycles. The van der Waals surface area contributed by atoms with Crippen LogP contribution in [0.1, 0.15) is 57.9 Å². The normalized spacial score (nSPS) is 19.1. The zero-order valence-electron chi connectivity index (χ0n) is 15.8. The number of carbonyl (C=O) groups is 1. The smallest absolute Gasteiger partial charge is 0.262 e. The van der Waals surface area contributed by atoms with E-state index in [2.05, 4.69) is 5.32 Å². The summed E-state index contributed by atoms with van der Waals surface area (Å²) in [5.74, 6) is 0.652. The first-order valence-electron chi connectivity index (χ1n) is 10.1. The van der Waals surface area contributed by atoms with E-state index in [4.69, 9.17) is 4.98 Å². The number of thioether (sulfide) groups is 1. The maximum atomic E-state index is 12.9. The minimum Gasteiger partial charge on any atom is -0.355 e. The number of carbonyl (C=O) groups excluding carboxylic acids is 1. The topological polar surface area (TPSA) is 64.0 Å². The van der Waals surface area contributed by atoms with E-state index in [1.165, 1.54) is 43.9 Å². The first-order chi connectivity index (χ1) is 13.1. The molecule has 1 N–H and O–H groups in total. The van der Waals surface area contributed by atoms with Gasteiger partial charge in [-0.2, -0.15) is 0 Å². The van der Waals surface area contributed by atoms with E-state index in [1.807, 2.05) is 31.2 Å². The van der Waals surface area contributed by atoms with Crippen molar-refractivity contribution in [2.24, 2.45) is 5.92 Å². The Hall–Kier alpha value is -1.82. The van der Waals surface area contributed by atoms with Crippen molar-refractivity contribution in [3.8, 4) is 0 Å². The maximum Gasteiger partial charge on any atom is 0.262 e. The molecule has 4 rings (SSSR count). The Morgan fingerprint density at radius 2 is 1.96 bits per heavy atom. The number of fused-ring (bicyclic) bond motifs is 1.